The minimum Gasteiger partial charge on any atom is -0.507 e. The highest BCUT2D eigenvalue weighted by atomic mass is 16.5. The first-order chi connectivity index (χ1) is 14.8. The van der Waals surface area contributed by atoms with Gasteiger partial charge in [-0.25, -0.2) is 0 Å². The van der Waals surface area contributed by atoms with E-state index in [1.165, 1.54) is 0 Å². The number of allylic oxidation sites excluding steroid dienone is 4. The molecule has 0 spiro atoms. The molecule has 1 heterocycles. The first-order valence-corrected chi connectivity index (χ1v) is 12.1. The Balaban J connectivity index is 1.77. The number of carbonyl (C=O) groups excluding carboxylic acids is 2. The van der Waals surface area contributed by atoms with Gasteiger partial charge in [0.2, 0.25) is 0 Å². The molecule has 2 fully saturated rings. The minimum absolute atomic E-state index is 0.0702. The van der Waals surface area contributed by atoms with Crippen molar-refractivity contribution in [2.45, 2.75) is 85.4 Å². The number of ether oxygens (including phenoxy) is 1. The Morgan fingerprint density at radius 1 is 1.19 bits per heavy atom. The molecular formula is C27H38O5. The number of rotatable bonds is 3. The summed E-state index contributed by atoms with van der Waals surface area (Å²) in [5, 5.41) is 21.9. The predicted molar refractivity (Wildman–Crippen MR) is 123 cm³/mol. The van der Waals surface area contributed by atoms with E-state index in [0.717, 1.165) is 31.3 Å². The highest BCUT2D eigenvalue weighted by Gasteiger charge is 2.56. The van der Waals surface area contributed by atoms with Crippen LogP contribution in [0.3, 0.4) is 0 Å². The Kier molecular flexibility index (Phi) is 5.51. The van der Waals surface area contributed by atoms with Crippen molar-refractivity contribution in [3.05, 3.63) is 34.8 Å². The smallest absolute Gasteiger partial charge is 0.183 e. The Morgan fingerprint density at radius 3 is 2.44 bits per heavy atom. The third kappa shape index (κ3) is 3.30. The molecule has 3 aliphatic carbocycles. The van der Waals surface area contributed by atoms with Crippen LogP contribution >= 0.6 is 0 Å². The standard InChI is InChI=1S/C27H38O5/c1-13(2)17-11-20(28)16-9-8-15-10-18-23(30)21(22(29)14(3)4)24(31)26(5,6)25(18)32-27(15,7)12-19(16)17/h14-17,19-20,28,30H,1,8-12H2,2-7H3/t15-,16+,17-,19?,20+,27+/m0/s1. The molecule has 0 radical (unpaired) electrons. The van der Waals surface area contributed by atoms with E-state index in [0.29, 0.717) is 23.7 Å². The van der Waals surface area contributed by atoms with E-state index >= 15 is 0 Å². The highest BCUT2D eigenvalue weighted by molar-refractivity contribution is 6.24. The van der Waals surface area contributed by atoms with Crippen molar-refractivity contribution in [3.8, 4) is 0 Å². The maximum atomic E-state index is 13.4. The van der Waals surface area contributed by atoms with Gasteiger partial charge >= 0.3 is 0 Å². The molecule has 4 aliphatic rings. The van der Waals surface area contributed by atoms with Gasteiger partial charge in [0.15, 0.2) is 11.6 Å². The third-order valence-electron chi connectivity index (χ3n) is 8.76. The molecule has 0 bridgehead atoms. The summed E-state index contributed by atoms with van der Waals surface area (Å²) in [6.45, 7) is 15.4. The number of hydrogen-bond donors (Lipinski definition) is 2. The highest BCUT2D eigenvalue weighted by Crippen LogP contribution is 2.58. The molecule has 2 saturated carbocycles. The molecule has 32 heavy (non-hydrogen) atoms. The van der Waals surface area contributed by atoms with Gasteiger partial charge < -0.3 is 14.9 Å². The summed E-state index contributed by atoms with van der Waals surface area (Å²) in [7, 11) is 0. The maximum Gasteiger partial charge on any atom is 0.183 e. The lowest BCUT2D eigenvalue weighted by atomic mass is 9.67. The number of aliphatic hydroxyl groups excluding tert-OH is 2. The normalized spacial score (nSPS) is 38.6. The van der Waals surface area contributed by atoms with Crippen LogP contribution in [0.15, 0.2) is 34.8 Å². The van der Waals surface area contributed by atoms with E-state index in [1.54, 1.807) is 27.7 Å². The minimum atomic E-state index is -1.01. The SMILES string of the molecule is C=C(C)[C@@H]1C[C@@H](O)[C@@H]2CC[C@H]3CC4=C(O[C@]3(C)CC21)C(C)(C)C(=O)C(C(=O)C(C)C)=C4O. The van der Waals surface area contributed by atoms with Crippen LogP contribution in [0.1, 0.15) is 73.6 Å². The van der Waals surface area contributed by atoms with Crippen molar-refractivity contribution in [2.24, 2.45) is 35.0 Å². The molecule has 0 saturated heterocycles. The van der Waals surface area contributed by atoms with Crippen LogP contribution in [0.5, 0.6) is 0 Å². The van der Waals surface area contributed by atoms with E-state index in [9.17, 15) is 19.8 Å². The number of ketones is 2. The van der Waals surface area contributed by atoms with Crippen LogP contribution in [-0.2, 0) is 14.3 Å². The Morgan fingerprint density at radius 2 is 1.84 bits per heavy atom. The van der Waals surface area contributed by atoms with Crippen LogP contribution in [0.25, 0.3) is 0 Å². The summed E-state index contributed by atoms with van der Waals surface area (Å²) in [4.78, 5) is 26.2. The summed E-state index contributed by atoms with van der Waals surface area (Å²) in [5.41, 5.74) is 0.154. The second-order valence-electron chi connectivity index (χ2n) is 11.7. The molecule has 176 valence electrons. The first-order valence-electron chi connectivity index (χ1n) is 12.1. The Labute approximate surface area is 191 Å². The van der Waals surface area contributed by atoms with Crippen molar-refractivity contribution < 1.29 is 24.5 Å². The lowest BCUT2D eigenvalue weighted by molar-refractivity contribution is -0.133. The van der Waals surface area contributed by atoms with E-state index in [2.05, 4.69) is 13.5 Å². The summed E-state index contributed by atoms with van der Waals surface area (Å²) >= 11 is 0. The van der Waals surface area contributed by atoms with E-state index in [-0.39, 0.29) is 52.7 Å². The molecule has 0 amide bonds. The Hall–Kier alpha value is -1.88. The molecule has 0 aromatic carbocycles. The molecule has 5 heteroatoms. The molecule has 4 rings (SSSR count). The predicted octanol–water partition coefficient (Wildman–Crippen LogP) is 5.06. The second kappa shape index (κ2) is 7.58. The monoisotopic (exact) mass is 442 g/mol. The molecule has 1 unspecified atom stereocenters. The van der Waals surface area contributed by atoms with Crippen molar-refractivity contribution >= 4 is 11.6 Å². The maximum absolute atomic E-state index is 13.4. The van der Waals surface area contributed by atoms with E-state index < -0.39 is 11.0 Å². The molecule has 6 atom stereocenters. The summed E-state index contributed by atoms with van der Waals surface area (Å²) in [5.74, 6) is 0.209. The Bertz CT molecular complexity index is 936. The molecular weight excluding hydrogens is 404 g/mol. The molecule has 5 nitrogen and oxygen atoms in total. The first kappa shape index (κ1) is 23.3. The number of aliphatic hydroxyl groups is 2. The topological polar surface area (TPSA) is 83.8 Å². The molecule has 0 aromatic rings. The zero-order valence-corrected chi connectivity index (χ0v) is 20.3. The lowest BCUT2D eigenvalue weighted by Crippen LogP contribution is -2.48. The summed E-state index contributed by atoms with van der Waals surface area (Å²) in [6, 6.07) is 0. The third-order valence-corrected chi connectivity index (χ3v) is 8.76. The second-order valence-corrected chi connectivity index (χ2v) is 11.7. The van der Waals surface area contributed by atoms with Crippen molar-refractivity contribution in [3.63, 3.8) is 0 Å². The fourth-order valence-corrected chi connectivity index (χ4v) is 6.77. The van der Waals surface area contributed by atoms with Gasteiger partial charge in [0.1, 0.15) is 22.7 Å². The lowest BCUT2D eigenvalue weighted by Gasteiger charge is -2.48. The van der Waals surface area contributed by atoms with E-state index in [4.69, 9.17) is 4.74 Å². The zero-order chi connectivity index (χ0) is 23.7. The van der Waals surface area contributed by atoms with E-state index in [1.807, 2.05) is 6.92 Å². The van der Waals surface area contributed by atoms with Gasteiger partial charge in [-0.05, 0) is 77.6 Å². The average molecular weight is 443 g/mol. The number of fused-ring (bicyclic) bond motifs is 2. The molecule has 0 aromatic heterocycles. The van der Waals surface area contributed by atoms with Gasteiger partial charge in [-0.1, -0.05) is 26.0 Å². The van der Waals surface area contributed by atoms with Gasteiger partial charge in [-0.15, -0.1) is 0 Å². The summed E-state index contributed by atoms with van der Waals surface area (Å²) < 4.78 is 6.72. The van der Waals surface area contributed by atoms with Gasteiger partial charge in [-0.2, -0.15) is 0 Å². The number of carbonyl (C=O) groups is 2. The van der Waals surface area contributed by atoms with Gasteiger partial charge in [0.25, 0.3) is 0 Å². The summed E-state index contributed by atoms with van der Waals surface area (Å²) in [6.07, 6.45) is 3.59. The molecule has 2 N–H and O–H groups in total. The number of Topliss-reactive ketones (excluding diaryl/α,β-unsaturated/α-hetero) is 2. The number of hydrogen-bond acceptors (Lipinski definition) is 5. The average Bonchev–Trinajstić information content (AvgIpc) is 2.91. The van der Waals surface area contributed by atoms with Gasteiger partial charge in [-0.3, -0.25) is 9.59 Å². The molecule has 1 aliphatic heterocycles. The van der Waals surface area contributed by atoms with Gasteiger partial charge in [0, 0.05) is 17.4 Å². The van der Waals surface area contributed by atoms with Crippen LogP contribution in [0, 0.1) is 35.0 Å². The fourth-order valence-electron chi connectivity index (χ4n) is 6.77. The van der Waals surface area contributed by atoms with Crippen LogP contribution in [0.4, 0.5) is 0 Å². The van der Waals surface area contributed by atoms with Gasteiger partial charge in [0.05, 0.1) is 11.5 Å². The van der Waals surface area contributed by atoms with Crippen LogP contribution in [-0.4, -0.2) is 33.5 Å². The van der Waals surface area contributed by atoms with Crippen molar-refractivity contribution in [1.82, 2.24) is 0 Å². The largest absolute Gasteiger partial charge is 0.507 e. The van der Waals surface area contributed by atoms with Crippen LogP contribution in [0.2, 0.25) is 0 Å². The van der Waals surface area contributed by atoms with Crippen LogP contribution < -0.4 is 0 Å². The zero-order valence-electron chi connectivity index (χ0n) is 20.3. The fraction of sp³-hybridized carbons (Fsp3) is 0.704. The quantitative estimate of drug-likeness (QED) is 0.472. The van der Waals surface area contributed by atoms with Crippen molar-refractivity contribution in [2.75, 3.05) is 0 Å². The van der Waals surface area contributed by atoms with Crippen molar-refractivity contribution in [1.29, 1.82) is 0 Å².